The Morgan fingerprint density at radius 2 is 1.61 bits per heavy atom. The maximum Gasteiger partial charge on any atom is 0.163 e. The number of nitrogens with one attached hydrogen (secondary N) is 2. The van der Waals surface area contributed by atoms with E-state index in [0.717, 1.165) is 75.7 Å². The lowest BCUT2D eigenvalue weighted by molar-refractivity contribution is -0.124. The molecule has 7 N–H and O–H groups in total. The highest BCUT2D eigenvalue weighted by atomic mass is 16.5. The monoisotopic (exact) mass is 833 g/mol. The Morgan fingerprint density at radius 1 is 0.902 bits per heavy atom. The zero-order valence-electron chi connectivity index (χ0n) is 36.3. The molecule has 1 aliphatic heterocycles. The first kappa shape index (κ1) is 47.2. The number of ether oxygens (including phenoxy) is 1. The number of phenols is 1. The Labute approximate surface area is 363 Å². The van der Waals surface area contributed by atoms with Crippen molar-refractivity contribution in [2.24, 2.45) is 17.8 Å². The second kappa shape index (κ2) is 25.2. The van der Waals surface area contributed by atoms with Crippen LogP contribution in [0.2, 0.25) is 0 Å². The van der Waals surface area contributed by atoms with Gasteiger partial charge in [0, 0.05) is 19.2 Å². The Balaban J connectivity index is 1.24. The van der Waals surface area contributed by atoms with Crippen LogP contribution in [0.1, 0.15) is 96.7 Å². The molecule has 61 heavy (non-hydrogen) atoms. The number of hydrogen-bond acceptors (Lipinski definition) is 10. The smallest absolute Gasteiger partial charge is 0.163 e. The molecule has 2 heterocycles. The van der Waals surface area contributed by atoms with E-state index < -0.39 is 6.61 Å². The summed E-state index contributed by atoms with van der Waals surface area (Å²) in [4.78, 5) is 31.0. The molecule has 4 aromatic rings. The Bertz CT molecular complexity index is 2010. The molecule has 1 aliphatic rings. The summed E-state index contributed by atoms with van der Waals surface area (Å²) in [5.41, 5.74) is 13.5. The number of allylic oxidation sites excluding steroid dienone is 1. The van der Waals surface area contributed by atoms with Gasteiger partial charge in [0.25, 0.3) is 0 Å². The molecule has 5 rings (SSSR count). The minimum absolute atomic E-state index is 0.0670. The van der Waals surface area contributed by atoms with Crippen LogP contribution in [0.15, 0.2) is 85.1 Å². The zero-order valence-corrected chi connectivity index (χ0v) is 36.3. The number of aromatic hydroxyl groups is 1. The number of piperidine rings is 1. The molecule has 0 aliphatic carbocycles. The van der Waals surface area contributed by atoms with Crippen LogP contribution < -0.4 is 21.1 Å². The SMILES string of the molecule is CNC[C@H](C[C@H](CCCO)CCCC(=O)CC(=O)/C=C(\CO)c1cc(OC)c(O)cc1Cc1cnc(N)cc1CCc1cccc(CCc2ccccc2)c1)C1CCNCC1. The minimum Gasteiger partial charge on any atom is -0.504 e. The van der Waals surface area contributed by atoms with Crippen LogP contribution in [-0.4, -0.2) is 78.9 Å². The van der Waals surface area contributed by atoms with Crippen LogP contribution in [0.3, 0.4) is 0 Å². The Kier molecular flexibility index (Phi) is 19.5. The first-order valence-corrected chi connectivity index (χ1v) is 22.3. The lowest BCUT2D eigenvalue weighted by atomic mass is 9.77. The first-order chi connectivity index (χ1) is 29.7. The van der Waals surface area contributed by atoms with Gasteiger partial charge in [-0.2, -0.15) is 0 Å². The molecule has 3 aromatic carbocycles. The summed E-state index contributed by atoms with van der Waals surface area (Å²) >= 11 is 0. The zero-order chi connectivity index (χ0) is 43.4. The summed E-state index contributed by atoms with van der Waals surface area (Å²) in [6.45, 7) is 2.77. The van der Waals surface area contributed by atoms with Crippen LogP contribution in [-0.2, 0) is 41.7 Å². The Hall–Kier alpha value is -4.87. The molecular weight excluding hydrogens is 765 g/mol. The molecule has 2 atom stereocenters. The number of nitrogens with two attached hydrogens (primary N) is 1. The molecule has 328 valence electrons. The van der Waals surface area contributed by atoms with Crippen LogP contribution in [0.5, 0.6) is 11.5 Å². The number of nitrogens with zero attached hydrogens (tertiary/aromatic N) is 1. The fraction of sp³-hybridized carbons (Fsp3) is 0.471. The maximum atomic E-state index is 13.4. The number of anilines is 1. The molecular formula is C51H68N4O6. The van der Waals surface area contributed by atoms with Crippen molar-refractivity contribution in [3.8, 4) is 11.5 Å². The Morgan fingerprint density at radius 3 is 2.31 bits per heavy atom. The predicted molar refractivity (Wildman–Crippen MR) is 245 cm³/mol. The van der Waals surface area contributed by atoms with Crippen molar-refractivity contribution in [2.45, 2.75) is 89.9 Å². The van der Waals surface area contributed by atoms with Gasteiger partial charge in [-0.15, -0.1) is 0 Å². The molecule has 10 nitrogen and oxygen atoms in total. The highest BCUT2D eigenvalue weighted by molar-refractivity contribution is 6.07. The van der Waals surface area contributed by atoms with E-state index in [1.807, 2.05) is 19.2 Å². The number of Topliss-reactive ketones (excluding diaryl/α,β-unsaturated/α-hetero) is 1. The highest BCUT2D eigenvalue weighted by Crippen LogP contribution is 2.35. The van der Waals surface area contributed by atoms with E-state index in [0.29, 0.717) is 66.0 Å². The summed E-state index contributed by atoms with van der Waals surface area (Å²) in [6.07, 6.45) is 13.6. The number of nitrogen functional groups attached to an aromatic ring is 1. The molecule has 0 unspecified atom stereocenters. The molecule has 0 spiro atoms. The second-order valence-corrected chi connectivity index (χ2v) is 16.8. The van der Waals surface area contributed by atoms with Crippen molar-refractivity contribution in [1.82, 2.24) is 15.6 Å². The fourth-order valence-corrected chi connectivity index (χ4v) is 9.05. The number of pyridine rings is 1. The number of benzene rings is 3. The van der Waals surface area contributed by atoms with Crippen molar-refractivity contribution in [3.63, 3.8) is 0 Å². The largest absolute Gasteiger partial charge is 0.504 e. The minimum atomic E-state index is -0.453. The summed E-state index contributed by atoms with van der Waals surface area (Å²) in [5.74, 6) is 1.67. The van der Waals surface area contributed by atoms with Gasteiger partial charge >= 0.3 is 0 Å². The van der Waals surface area contributed by atoms with E-state index in [9.17, 15) is 24.9 Å². The number of carbonyl (C=O) groups excluding carboxylic acids is 2. The van der Waals surface area contributed by atoms with Crippen molar-refractivity contribution in [2.75, 3.05) is 52.7 Å². The van der Waals surface area contributed by atoms with Gasteiger partial charge in [0.05, 0.1) is 20.1 Å². The molecule has 1 saturated heterocycles. The van der Waals surface area contributed by atoms with Crippen molar-refractivity contribution in [3.05, 3.63) is 124 Å². The van der Waals surface area contributed by atoms with Gasteiger partial charge in [0.2, 0.25) is 0 Å². The molecule has 10 heteroatoms. The number of aliphatic hydroxyl groups excluding tert-OH is 2. The standard InChI is InChI=1S/C51H68N4O6/c1-53-33-43(40-20-22-54-23-21-40)26-37(14-8-24-56)13-7-15-46(58)31-47(59)28-45(35-57)48-32-50(61-2)49(60)29-42(48)27-44-34-55-51(52)30-41(44)19-18-39-12-6-11-38(25-39)17-16-36-9-4-3-5-10-36/h3-6,9-12,25,28-30,32,34,37,40,43,53-54,56-57,60H,7-8,13-24,26-27,31,33,35H2,1-2H3,(H2,52,55)/b45-28+/t37-,43-/m0/s1. The number of aryl methyl sites for hydroxylation is 4. The van der Waals surface area contributed by atoms with Crippen LogP contribution in [0, 0.1) is 17.8 Å². The summed E-state index contributed by atoms with van der Waals surface area (Å²) in [7, 11) is 3.46. The molecule has 0 amide bonds. The van der Waals surface area contributed by atoms with E-state index >= 15 is 0 Å². The summed E-state index contributed by atoms with van der Waals surface area (Å²) in [5, 5.41) is 38.0. The number of methoxy groups -OCH3 is 1. The molecule has 0 saturated carbocycles. The third-order valence-electron chi connectivity index (χ3n) is 12.3. The molecule has 1 fully saturated rings. The lowest BCUT2D eigenvalue weighted by Crippen LogP contribution is -2.36. The molecule has 0 radical (unpaired) electrons. The third-order valence-corrected chi connectivity index (χ3v) is 12.3. The summed E-state index contributed by atoms with van der Waals surface area (Å²) < 4.78 is 5.45. The average Bonchev–Trinajstić information content (AvgIpc) is 3.27. The number of aromatic nitrogens is 1. The van der Waals surface area contributed by atoms with Gasteiger partial charge in [-0.1, -0.05) is 61.0 Å². The third kappa shape index (κ3) is 15.2. The maximum absolute atomic E-state index is 13.4. The summed E-state index contributed by atoms with van der Waals surface area (Å²) in [6, 6.07) is 24.3. The predicted octanol–water partition coefficient (Wildman–Crippen LogP) is 7.23. The van der Waals surface area contributed by atoms with Gasteiger partial charge < -0.3 is 36.4 Å². The number of phenolic OH excluding ortho intramolecular Hbond substituents is 1. The van der Waals surface area contributed by atoms with Crippen LogP contribution >= 0.6 is 0 Å². The van der Waals surface area contributed by atoms with Gasteiger partial charge in [0.1, 0.15) is 11.6 Å². The molecule has 1 aromatic heterocycles. The fourth-order valence-electron chi connectivity index (χ4n) is 9.05. The van der Waals surface area contributed by atoms with E-state index in [-0.39, 0.29) is 36.1 Å². The van der Waals surface area contributed by atoms with Gasteiger partial charge in [-0.05, 0) is 184 Å². The van der Waals surface area contributed by atoms with Crippen molar-refractivity contribution in [1.29, 1.82) is 0 Å². The number of carbonyl (C=O) groups is 2. The van der Waals surface area contributed by atoms with E-state index in [4.69, 9.17) is 10.5 Å². The number of rotatable bonds is 26. The van der Waals surface area contributed by atoms with Gasteiger partial charge in [-0.25, -0.2) is 4.98 Å². The number of hydrogen-bond donors (Lipinski definition) is 6. The lowest BCUT2D eigenvalue weighted by Gasteiger charge is -2.33. The van der Waals surface area contributed by atoms with Crippen LogP contribution in [0.25, 0.3) is 5.57 Å². The van der Waals surface area contributed by atoms with Gasteiger partial charge in [-0.3, -0.25) is 9.59 Å². The normalized spacial score (nSPS) is 14.5. The quantitative estimate of drug-likeness (QED) is 0.0281. The first-order valence-electron chi connectivity index (χ1n) is 22.3. The van der Waals surface area contributed by atoms with E-state index in [2.05, 4.69) is 64.1 Å². The van der Waals surface area contributed by atoms with Gasteiger partial charge in [0.15, 0.2) is 17.3 Å². The van der Waals surface area contributed by atoms with E-state index in [1.165, 1.54) is 42.7 Å². The van der Waals surface area contributed by atoms with Crippen LogP contribution in [0.4, 0.5) is 5.82 Å². The van der Waals surface area contributed by atoms with Crippen molar-refractivity contribution < 1.29 is 29.6 Å². The topological polar surface area (TPSA) is 167 Å². The highest BCUT2D eigenvalue weighted by Gasteiger charge is 2.26. The van der Waals surface area contributed by atoms with E-state index in [1.54, 1.807) is 18.3 Å². The number of ketones is 2. The molecule has 0 bridgehead atoms. The van der Waals surface area contributed by atoms with Crippen molar-refractivity contribution >= 4 is 23.0 Å². The second-order valence-electron chi connectivity index (χ2n) is 16.8. The average molecular weight is 833 g/mol. The number of aliphatic hydroxyl groups is 2.